The lowest BCUT2D eigenvalue weighted by Crippen LogP contribution is -2.45. The highest BCUT2D eigenvalue weighted by Crippen LogP contribution is 2.48. The van der Waals surface area contributed by atoms with Gasteiger partial charge in [0.15, 0.2) is 0 Å². The fourth-order valence-electron chi connectivity index (χ4n) is 1.08. The summed E-state index contributed by atoms with van der Waals surface area (Å²) in [5, 5.41) is 0. The smallest absolute Gasteiger partial charge is 0.0734 e. The Morgan fingerprint density at radius 3 is 2.25 bits per heavy atom. The molecule has 0 aromatic carbocycles. The van der Waals surface area contributed by atoms with E-state index in [1.165, 1.54) is 25.3 Å². The van der Waals surface area contributed by atoms with Gasteiger partial charge in [0.1, 0.15) is 0 Å². The fourth-order valence-corrected chi connectivity index (χ4v) is 1.83. The molecular weight excluding hydrogens is 118 g/mol. The molecule has 8 heavy (non-hydrogen) atoms. The molecule has 2 aliphatic rings. The first-order chi connectivity index (χ1) is 3.81. The van der Waals surface area contributed by atoms with Crippen LogP contribution in [0.25, 0.3) is 0 Å². The van der Waals surface area contributed by atoms with Crippen LogP contribution in [-0.2, 0) is 0 Å². The van der Waals surface area contributed by atoms with Gasteiger partial charge in [-0.05, 0) is 13.3 Å². The van der Waals surface area contributed by atoms with E-state index in [0.717, 1.165) is 0 Å². The molecule has 0 aromatic heterocycles. The monoisotopic (exact) mass is 129 g/mol. The van der Waals surface area contributed by atoms with Crippen molar-refractivity contribution in [3.63, 3.8) is 0 Å². The van der Waals surface area contributed by atoms with E-state index < -0.39 is 0 Å². The third kappa shape index (κ3) is 0.594. The van der Waals surface area contributed by atoms with Crippen molar-refractivity contribution in [2.75, 3.05) is 18.8 Å². The lowest BCUT2D eigenvalue weighted by atomic mass is 10.2. The van der Waals surface area contributed by atoms with Crippen LogP contribution in [-0.4, -0.2) is 28.6 Å². The van der Waals surface area contributed by atoms with Gasteiger partial charge >= 0.3 is 0 Å². The van der Waals surface area contributed by atoms with Gasteiger partial charge < -0.3 is 0 Å². The Bertz CT molecular complexity index is 105. The zero-order valence-corrected chi connectivity index (χ0v) is 6.00. The maximum atomic E-state index is 2.57. The van der Waals surface area contributed by atoms with Gasteiger partial charge in [0, 0.05) is 18.8 Å². The third-order valence-corrected chi connectivity index (χ3v) is 3.47. The molecule has 1 nitrogen and oxygen atoms in total. The van der Waals surface area contributed by atoms with Crippen LogP contribution in [0.5, 0.6) is 0 Å². The Balaban J connectivity index is 1.95. The highest BCUT2D eigenvalue weighted by atomic mass is 32.2. The minimum absolute atomic E-state index is 0.595. The number of thioether (sulfide) groups is 1. The van der Waals surface area contributed by atoms with Crippen LogP contribution in [0.1, 0.15) is 13.3 Å². The first kappa shape index (κ1) is 5.12. The molecule has 1 unspecified atom stereocenters. The van der Waals surface area contributed by atoms with Crippen molar-refractivity contribution in [1.29, 1.82) is 0 Å². The number of rotatable bonds is 1. The molecule has 0 saturated carbocycles. The lowest BCUT2D eigenvalue weighted by Gasteiger charge is -2.35. The van der Waals surface area contributed by atoms with Gasteiger partial charge in [-0.25, -0.2) is 0 Å². The standard InChI is InChI=1S/C6H11NS/c1-6(5-8-6)7-3-2-4-7/h2-5H2,1H3. The average molecular weight is 129 g/mol. The fraction of sp³-hybridized carbons (Fsp3) is 1.00. The molecule has 2 saturated heterocycles. The van der Waals surface area contributed by atoms with Crippen molar-refractivity contribution >= 4 is 11.8 Å². The molecule has 1 atom stereocenters. The second-order valence-corrected chi connectivity index (χ2v) is 4.26. The second-order valence-electron chi connectivity index (χ2n) is 2.80. The Morgan fingerprint density at radius 1 is 1.50 bits per heavy atom. The minimum Gasteiger partial charge on any atom is -0.288 e. The van der Waals surface area contributed by atoms with E-state index in [2.05, 4.69) is 23.6 Å². The van der Waals surface area contributed by atoms with Crippen LogP contribution >= 0.6 is 11.8 Å². The van der Waals surface area contributed by atoms with Crippen molar-refractivity contribution < 1.29 is 0 Å². The van der Waals surface area contributed by atoms with E-state index in [9.17, 15) is 0 Å². The molecule has 0 radical (unpaired) electrons. The summed E-state index contributed by atoms with van der Waals surface area (Å²) in [6, 6.07) is 0. The lowest BCUT2D eigenvalue weighted by molar-refractivity contribution is 0.137. The molecule has 0 aromatic rings. The Kier molecular flexibility index (Phi) is 0.910. The maximum absolute atomic E-state index is 2.57. The highest BCUT2D eigenvalue weighted by molar-refractivity contribution is 8.07. The summed E-state index contributed by atoms with van der Waals surface area (Å²) < 4.78 is 0. The highest BCUT2D eigenvalue weighted by Gasteiger charge is 2.46. The van der Waals surface area contributed by atoms with E-state index in [1.807, 2.05) is 0 Å². The Hall–Kier alpha value is 0.310. The SMILES string of the molecule is CC1(N2CCC2)CS1. The molecule has 2 aliphatic heterocycles. The first-order valence-corrected chi connectivity index (χ1v) is 4.19. The van der Waals surface area contributed by atoms with E-state index >= 15 is 0 Å². The van der Waals surface area contributed by atoms with Crippen LogP contribution in [0.15, 0.2) is 0 Å². The third-order valence-electron chi connectivity index (χ3n) is 2.09. The molecule has 2 rings (SSSR count). The normalized spacial score (nSPS) is 46.1. The van der Waals surface area contributed by atoms with Gasteiger partial charge in [0.25, 0.3) is 0 Å². The molecule has 0 amide bonds. The van der Waals surface area contributed by atoms with Gasteiger partial charge in [-0.1, -0.05) is 0 Å². The molecule has 0 spiro atoms. The predicted molar refractivity (Wildman–Crippen MR) is 37.1 cm³/mol. The quantitative estimate of drug-likeness (QED) is 0.489. The molecule has 2 heterocycles. The van der Waals surface area contributed by atoms with Crippen molar-refractivity contribution in [2.45, 2.75) is 18.2 Å². The van der Waals surface area contributed by atoms with Crippen LogP contribution in [0.3, 0.4) is 0 Å². The minimum atomic E-state index is 0.595. The predicted octanol–water partition coefficient (Wildman–Crippen LogP) is 1.16. The Labute approximate surface area is 54.4 Å². The number of hydrogen-bond acceptors (Lipinski definition) is 2. The van der Waals surface area contributed by atoms with Crippen LogP contribution in [0, 0.1) is 0 Å². The largest absolute Gasteiger partial charge is 0.288 e. The molecule has 0 N–H and O–H groups in total. The molecule has 2 fully saturated rings. The molecular formula is C6H11NS. The molecule has 46 valence electrons. The summed E-state index contributed by atoms with van der Waals surface area (Å²) in [5.74, 6) is 1.37. The van der Waals surface area contributed by atoms with Crippen LogP contribution < -0.4 is 0 Å². The number of hydrogen-bond donors (Lipinski definition) is 0. The summed E-state index contributed by atoms with van der Waals surface area (Å²) in [6.07, 6.45) is 1.43. The van der Waals surface area contributed by atoms with E-state index in [0.29, 0.717) is 4.87 Å². The van der Waals surface area contributed by atoms with Gasteiger partial charge in [-0.2, -0.15) is 0 Å². The molecule has 0 bridgehead atoms. The maximum Gasteiger partial charge on any atom is 0.0734 e. The summed E-state index contributed by atoms with van der Waals surface area (Å²) in [4.78, 5) is 3.16. The molecule has 2 heteroatoms. The van der Waals surface area contributed by atoms with Crippen molar-refractivity contribution in [1.82, 2.24) is 4.90 Å². The van der Waals surface area contributed by atoms with E-state index in [-0.39, 0.29) is 0 Å². The average Bonchev–Trinajstić information content (AvgIpc) is 2.12. The van der Waals surface area contributed by atoms with Gasteiger partial charge in [0.05, 0.1) is 4.87 Å². The van der Waals surface area contributed by atoms with Crippen molar-refractivity contribution in [2.24, 2.45) is 0 Å². The van der Waals surface area contributed by atoms with Crippen molar-refractivity contribution in [3.8, 4) is 0 Å². The zero-order chi connectivity index (χ0) is 5.61. The first-order valence-electron chi connectivity index (χ1n) is 3.20. The topological polar surface area (TPSA) is 3.24 Å². The Morgan fingerprint density at radius 2 is 2.12 bits per heavy atom. The van der Waals surface area contributed by atoms with Crippen molar-refractivity contribution in [3.05, 3.63) is 0 Å². The van der Waals surface area contributed by atoms with E-state index in [1.54, 1.807) is 0 Å². The van der Waals surface area contributed by atoms with Crippen LogP contribution in [0.4, 0.5) is 0 Å². The number of nitrogens with zero attached hydrogens (tertiary/aromatic N) is 1. The summed E-state index contributed by atoms with van der Waals surface area (Å²) in [5.41, 5.74) is 0. The van der Waals surface area contributed by atoms with Gasteiger partial charge in [0.2, 0.25) is 0 Å². The van der Waals surface area contributed by atoms with E-state index in [4.69, 9.17) is 0 Å². The summed E-state index contributed by atoms with van der Waals surface area (Å²) in [7, 11) is 0. The number of likely N-dealkylation sites (tertiary alicyclic amines) is 1. The summed E-state index contributed by atoms with van der Waals surface area (Å²) >= 11 is 2.08. The second kappa shape index (κ2) is 1.42. The van der Waals surface area contributed by atoms with Gasteiger partial charge in [-0.15, -0.1) is 11.8 Å². The zero-order valence-electron chi connectivity index (χ0n) is 5.18. The molecule has 0 aliphatic carbocycles. The van der Waals surface area contributed by atoms with Crippen LogP contribution in [0.2, 0.25) is 0 Å². The van der Waals surface area contributed by atoms with Gasteiger partial charge in [-0.3, -0.25) is 4.90 Å². The summed E-state index contributed by atoms with van der Waals surface area (Å²) in [6.45, 7) is 5.05.